The molecule has 0 saturated carbocycles. The van der Waals surface area contributed by atoms with Gasteiger partial charge in [0.1, 0.15) is 0 Å². The van der Waals surface area contributed by atoms with Gasteiger partial charge in [-0.1, -0.05) is 0 Å². The van der Waals surface area contributed by atoms with E-state index in [9.17, 15) is 26.7 Å². The SMILES string of the molecule is CCOC(=O)c1cc(OC(F)(F)F)c(OC)c(C(F)F)n1. The van der Waals surface area contributed by atoms with Gasteiger partial charge in [0, 0.05) is 6.07 Å². The van der Waals surface area contributed by atoms with Gasteiger partial charge in [-0.3, -0.25) is 0 Å². The first-order valence-corrected chi connectivity index (χ1v) is 5.49. The summed E-state index contributed by atoms with van der Waals surface area (Å²) in [5.41, 5.74) is -1.89. The van der Waals surface area contributed by atoms with E-state index >= 15 is 0 Å². The van der Waals surface area contributed by atoms with E-state index < -0.39 is 41.6 Å². The Labute approximate surface area is 115 Å². The molecule has 1 heterocycles. The van der Waals surface area contributed by atoms with Crippen LogP contribution in [0.5, 0.6) is 11.5 Å². The number of aromatic nitrogens is 1. The first-order chi connectivity index (χ1) is 9.69. The Morgan fingerprint density at radius 1 is 1.38 bits per heavy atom. The molecular weight excluding hydrogens is 305 g/mol. The summed E-state index contributed by atoms with van der Waals surface area (Å²) in [6.07, 6.45) is -8.43. The van der Waals surface area contributed by atoms with E-state index in [1.165, 1.54) is 6.92 Å². The van der Waals surface area contributed by atoms with Crippen LogP contribution in [0.2, 0.25) is 0 Å². The molecule has 5 nitrogen and oxygen atoms in total. The van der Waals surface area contributed by atoms with Crippen molar-refractivity contribution in [1.29, 1.82) is 0 Å². The van der Waals surface area contributed by atoms with Crippen LogP contribution in [-0.4, -0.2) is 31.0 Å². The van der Waals surface area contributed by atoms with Crippen molar-refractivity contribution in [2.75, 3.05) is 13.7 Å². The fourth-order valence-electron chi connectivity index (χ4n) is 1.39. The van der Waals surface area contributed by atoms with Crippen LogP contribution in [-0.2, 0) is 4.74 Å². The van der Waals surface area contributed by atoms with Crippen molar-refractivity contribution in [3.8, 4) is 11.5 Å². The number of hydrogen-bond acceptors (Lipinski definition) is 5. The van der Waals surface area contributed by atoms with Gasteiger partial charge in [0.05, 0.1) is 13.7 Å². The molecule has 0 bridgehead atoms. The second-order valence-corrected chi connectivity index (χ2v) is 3.49. The lowest BCUT2D eigenvalue weighted by molar-refractivity contribution is -0.275. The Morgan fingerprint density at radius 2 is 2.00 bits per heavy atom. The maximum atomic E-state index is 12.8. The molecule has 21 heavy (non-hydrogen) atoms. The minimum atomic E-state index is -5.15. The molecule has 0 aliphatic heterocycles. The summed E-state index contributed by atoms with van der Waals surface area (Å²) in [7, 11) is 0.871. The third kappa shape index (κ3) is 4.43. The van der Waals surface area contributed by atoms with Crippen LogP contribution in [0.15, 0.2) is 6.07 Å². The van der Waals surface area contributed by atoms with Gasteiger partial charge < -0.3 is 14.2 Å². The quantitative estimate of drug-likeness (QED) is 0.617. The molecule has 0 aliphatic rings. The van der Waals surface area contributed by atoms with E-state index in [4.69, 9.17) is 0 Å². The summed E-state index contributed by atoms with van der Waals surface area (Å²) in [6, 6.07) is 0.524. The largest absolute Gasteiger partial charge is 0.573 e. The molecule has 0 aromatic carbocycles. The van der Waals surface area contributed by atoms with Crippen molar-refractivity contribution in [2.24, 2.45) is 0 Å². The molecule has 0 spiro atoms. The van der Waals surface area contributed by atoms with Crippen LogP contribution in [0, 0.1) is 0 Å². The van der Waals surface area contributed by atoms with E-state index in [0.29, 0.717) is 6.07 Å². The Hall–Kier alpha value is -2.13. The predicted octanol–water partition coefficient (Wildman–Crippen LogP) is 3.10. The number of pyridine rings is 1. The molecule has 0 amide bonds. The number of methoxy groups -OCH3 is 1. The summed E-state index contributed by atoms with van der Waals surface area (Å²) < 4.78 is 75.0. The first kappa shape index (κ1) is 16.9. The molecule has 1 aromatic heterocycles. The minimum absolute atomic E-state index is 0.105. The van der Waals surface area contributed by atoms with Crippen molar-refractivity contribution in [2.45, 2.75) is 19.7 Å². The molecule has 0 unspecified atom stereocenters. The predicted molar refractivity (Wildman–Crippen MR) is 58.4 cm³/mol. The van der Waals surface area contributed by atoms with Crippen LogP contribution in [0.25, 0.3) is 0 Å². The standard InChI is InChI=1S/C11H10F5NO4/c1-3-20-10(18)5-4-6(21-11(14,15)16)8(19-2)7(17-5)9(12)13/h4,9H,3H2,1-2H3. The van der Waals surface area contributed by atoms with Crippen molar-refractivity contribution < 1.29 is 41.0 Å². The monoisotopic (exact) mass is 315 g/mol. The van der Waals surface area contributed by atoms with Crippen molar-refractivity contribution in [3.05, 3.63) is 17.5 Å². The van der Waals surface area contributed by atoms with Gasteiger partial charge in [0.25, 0.3) is 6.43 Å². The second-order valence-electron chi connectivity index (χ2n) is 3.49. The number of carbonyl (C=O) groups excluding carboxylic acids is 1. The average molecular weight is 315 g/mol. The maximum Gasteiger partial charge on any atom is 0.573 e. The number of hydrogen-bond donors (Lipinski definition) is 0. The van der Waals surface area contributed by atoms with E-state index in [-0.39, 0.29) is 6.61 Å². The third-order valence-electron chi connectivity index (χ3n) is 2.09. The Balaban J connectivity index is 3.40. The van der Waals surface area contributed by atoms with Gasteiger partial charge in [0.2, 0.25) is 0 Å². The first-order valence-electron chi connectivity index (χ1n) is 5.49. The van der Waals surface area contributed by atoms with Gasteiger partial charge in [-0.2, -0.15) is 0 Å². The van der Waals surface area contributed by atoms with E-state index in [1.54, 1.807) is 0 Å². The van der Waals surface area contributed by atoms with Gasteiger partial charge in [-0.05, 0) is 6.92 Å². The van der Waals surface area contributed by atoms with Crippen LogP contribution in [0.1, 0.15) is 29.5 Å². The van der Waals surface area contributed by atoms with Gasteiger partial charge >= 0.3 is 12.3 Å². The lowest BCUT2D eigenvalue weighted by atomic mass is 10.2. The number of esters is 1. The highest BCUT2D eigenvalue weighted by Gasteiger charge is 2.35. The Morgan fingerprint density at radius 3 is 2.43 bits per heavy atom. The highest BCUT2D eigenvalue weighted by Crippen LogP contribution is 2.38. The summed E-state index contributed by atoms with van der Waals surface area (Å²) in [5.74, 6) is -3.16. The molecule has 10 heteroatoms. The smallest absolute Gasteiger partial charge is 0.491 e. The highest BCUT2D eigenvalue weighted by atomic mass is 19.4. The van der Waals surface area contributed by atoms with Gasteiger partial charge in [-0.25, -0.2) is 18.6 Å². The van der Waals surface area contributed by atoms with Gasteiger partial charge in [-0.15, -0.1) is 13.2 Å². The number of rotatable bonds is 5. The molecule has 0 saturated heterocycles. The molecule has 118 valence electrons. The number of halogens is 5. The van der Waals surface area contributed by atoms with Crippen LogP contribution < -0.4 is 9.47 Å². The number of alkyl halides is 5. The summed E-state index contributed by atoms with van der Waals surface area (Å²) >= 11 is 0. The van der Waals surface area contributed by atoms with Crippen molar-refractivity contribution in [3.63, 3.8) is 0 Å². The van der Waals surface area contributed by atoms with Gasteiger partial charge in [0.15, 0.2) is 22.9 Å². The summed E-state index contributed by atoms with van der Waals surface area (Å²) in [6.45, 7) is 1.33. The fourth-order valence-corrected chi connectivity index (χ4v) is 1.39. The second kappa shape index (κ2) is 6.55. The number of ether oxygens (including phenoxy) is 3. The topological polar surface area (TPSA) is 57.7 Å². The molecule has 0 aliphatic carbocycles. The average Bonchev–Trinajstić information content (AvgIpc) is 2.36. The molecule has 0 fully saturated rings. The minimum Gasteiger partial charge on any atom is -0.491 e. The molecular formula is C11H10F5NO4. The van der Waals surface area contributed by atoms with E-state index in [1.807, 2.05) is 0 Å². The number of nitrogens with zero attached hydrogens (tertiary/aromatic N) is 1. The fraction of sp³-hybridized carbons (Fsp3) is 0.455. The highest BCUT2D eigenvalue weighted by molar-refractivity contribution is 5.88. The van der Waals surface area contributed by atoms with E-state index in [2.05, 4.69) is 19.2 Å². The molecule has 0 radical (unpaired) electrons. The molecule has 1 aromatic rings. The van der Waals surface area contributed by atoms with Crippen LogP contribution in [0.4, 0.5) is 22.0 Å². The third-order valence-corrected chi connectivity index (χ3v) is 2.09. The lowest BCUT2D eigenvalue weighted by Crippen LogP contribution is -2.19. The van der Waals surface area contributed by atoms with Crippen LogP contribution in [0.3, 0.4) is 0 Å². The molecule has 0 atom stereocenters. The zero-order chi connectivity index (χ0) is 16.2. The maximum absolute atomic E-state index is 12.8. The number of carbonyl (C=O) groups is 1. The summed E-state index contributed by atoms with van der Waals surface area (Å²) in [5, 5.41) is 0. The zero-order valence-electron chi connectivity index (χ0n) is 10.8. The normalized spacial score (nSPS) is 11.4. The Kier molecular flexibility index (Phi) is 5.28. The zero-order valence-corrected chi connectivity index (χ0v) is 10.8. The van der Waals surface area contributed by atoms with Crippen molar-refractivity contribution >= 4 is 5.97 Å². The van der Waals surface area contributed by atoms with Crippen molar-refractivity contribution in [1.82, 2.24) is 4.98 Å². The van der Waals surface area contributed by atoms with Crippen LogP contribution >= 0.6 is 0 Å². The molecule has 0 N–H and O–H groups in total. The molecule has 1 rings (SSSR count). The summed E-state index contributed by atoms with van der Waals surface area (Å²) in [4.78, 5) is 14.7. The Bertz CT molecular complexity index is 518. The lowest BCUT2D eigenvalue weighted by Gasteiger charge is -2.16. The van der Waals surface area contributed by atoms with E-state index in [0.717, 1.165) is 7.11 Å².